The van der Waals surface area contributed by atoms with E-state index < -0.39 is 0 Å². The van der Waals surface area contributed by atoms with Crippen LogP contribution in [0, 0.1) is 11.8 Å². The van der Waals surface area contributed by atoms with Crippen LogP contribution in [0.3, 0.4) is 0 Å². The molecule has 5 heteroatoms. The third-order valence-electron chi connectivity index (χ3n) is 5.07. The smallest absolute Gasteiger partial charge is 0.140 e. The molecule has 1 heterocycles. The minimum Gasteiger partial charge on any atom is -0.486 e. The minimum absolute atomic E-state index is 0.0564. The summed E-state index contributed by atoms with van der Waals surface area (Å²) in [5.74, 6) is 2.04. The second kappa shape index (κ2) is 6.59. The van der Waals surface area contributed by atoms with E-state index in [4.69, 9.17) is 4.74 Å². The molecule has 0 radical (unpaired) electrons. The van der Waals surface area contributed by atoms with Crippen LogP contribution in [0.4, 0.5) is 0 Å². The van der Waals surface area contributed by atoms with Gasteiger partial charge in [0.15, 0.2) is 0 Å². The van der Waals surface area contributed by atoms with Crippen molar-refractivity contribution in [1.82, 2.24) is 10.3 Å². The van der Waals surface area contributed by atoms with E-state index in [1.807, 2.05) is 30.3 Å². The molecule has 23 heavy (non-hydrogen) atoms. The summed E-state index contributed by atoms with van der Waals surface area (Å²) in [6, 6.07) is 10.4. The van der Waals surface area contributed by atoms with Gasteiger partial charge in [-0.1, -0.05) is 18.2 Å². The molecule has 1 aromatic heterocycles. The monoisotopic (exact) mass is 330 g/mol. The maximum absolute atomic E-state index is 9.83. The Hall–Kier alpha value is -1.43. The number of benzene rings is 1. The summed E-state index contributed by atoms with van der Waals surface area (Å²) >= 11 is 1.65. The van der Waals surface area contributed by atoms with Gasteiger partial charge in [0.1, 0.15) is 17.4 Å². The van der Waals surface area contributed by atoms with E-state index in [2.05, 4.69) is 15.7 Å². The van der Waals surface area contributed by atoms with Crippen LogP contribution in [0.1, 0.15) is 30.0 Å². The Morgan fingerprint density at radius 2 is 2.04 bits per heavy atom. The number of fused-ring (bicyclic) bond motifs is 2. The van der Waals surface area contributed by atoms with E-state index in [1.165, 1.54) is 6.42 Å². The Morgan fingerprint density at radius 3 is 2.78 bits per heavy atom. The van der Waals surface area contributed by atoms with Crippen molar-refractivity contribution in [2.45, 2.75) is 44.6 Å². The second-order valence-corrected chi connectivity index (χ2v) is 7.56. The van der Waals surface area contributed by atoms with E-state index >= 15 is 0 Å². The molecule has 2 N–H and O–H groups in total. The van der Waals surface area contributed by atoms with E-state index in [0.717, 1.165) is 35.8 Å². The fourth-order valence-electron chi connectivity index (χ4n) is 3.89. The molecular weight excluding hydrogens is 308 g/mol. The van der Waals surface area contributed by atoms with Crippen molar-refractivity contribution in [2.24, 2.45) is 11.8 Å². The van der Waals surface area contributed by atoms with E-state index in [0.29, 0.717) is 24.5 Å². The topological polar surface area (TPSA) is 54.4 Å². The van der Waals surface area contributed by atoms with Gasteiger partial charge in [-0.25, -0.2) is 4.98 Å². The van der Waals surface area contributed by atoms with Crippen LogP contribution in [-0.4, -0.2) is 22.2 Å². The summed E-state index contributed by atoms with van der Waals surface area (Å²) in [4.78, 5) is 4.64. The Kier molecular flexibility index (Phi) is 4.33. The van der Waals surface area contributed by atoms with Gasteiger partial charge < -0.3 is 15.2 Å². The fraction of sp³-hybridized carbons (Fsp3) is 0.500. The van der Waals surface area contributed by atoms with Crippen LogP contribution in [0.2, 0.25) is 0 Å². The van der Waals surface area contributed by atoms with Crippen LogP contribution < -0.4 is 10.1 Å². The minimum atomic E-state index is -0.0564. The maximum atomic E-state index is 9.83. The highest BCUT2D eigenvalue weighted by molar-refractivity contribution is 7.09. The number of aliphatic hydroxyl groups is 1. The van der Waals surface area contributed by atoms with Gasteiger partial charge in [0.05, 0.1) is 11.8 Å². The van der Waals surface area contributed by atoms with Gasteiger partial charge in [-0.15, -0.1) is 11.3 Å². The molecule has 1 aromatic carbocycles. The molecule has 2 aliphatic rings. The summed E-state index contributed by atoms with van der Waals surface area (Å²) in [5, 5.41) is 16.6. The van der Waals surface area contributed by atoms with Crippen molar-refractivity contribution in [3.05, 3.63) is 46.4 Å². The third-order valence-corrected chi connectivity index (χ3v) is 5.94. The standard InChI is InChI=1S/C18H22N2O2S/c21-17-8-12-6-13(17)7-16(12)19-9-14-11-23-18(20-14)10-22-15-4-2-1-3-5-15/h1-5,11-13,16-17,19,21H,6-10H2/t12-,13-,16?,17-/m1/s1. The van der Waals surface area contributed by atoms with Crippen LogP contribution in [-0.2, 0) is 13.2 Å². The quantitative estimate of drug-likeness (QED) is 0.855. The predicted octanol–water partition coefficient (Wildman–Crippen LogP) is 2.97. The van der Waals surface area contributed by atoms with Crippen molar-refractivity contribution in [3.8, 4) is 5.75 Å². The lowest BCUT2D eigenvalue weighted by Crippen LogP contribution is -2.36. The highest BCUT2D eigenvalue weighted by atomic mass is 32.1. The summed E-state index contributed by atoms with van der Waals surface area (Å²) in [7, 11) is 0. The summed E-state index contributed by atoms with van der Waals surface area (Å²) in [6.45, 7) is 1.33. The molecule has 2 aliphatic carbocycles. The zero-order valence-electron chi connectivity index (χ0n) is 13.0. The van der Waals surface area contributed by atoms with Gasteiger partial charge in [-0.3, -0.25) is 0 Å². The lowest BCUT2D eigenvalue weighted by molar-refractivity contribution is 0.102. The van der Waals surface area contributed by atoms with Crippen molar-refractivity contribution < 1.29 is 9.84 Å². The molecule has 2 bridgehead atoms. The molecule has 2 aromatic rings. The number of thiazole rings is 1. The Bertz CT molecular complexity index is 643. The molecular formula is C18H22N2O2S. The first-order valence-corrected chi connectivity index (χ1v) is 9.18. The Labute approximate surface area is 140 Å². The number of ether oxygens (including phenoxy) is 1. The molecule has 4 rings (SSSR count). The first-order chi connectivity index (χ1) is 11.3. The third kappa shape index (κ3) is 3.42. The van der Waals surface area contributed by atoms with Crippen LogP contribution in [0.5, 0.6) is 5.75 Å². The normalized spacial score (nSPS) is 29.1. The number of hydrogen-bond donors (Lipinski definition) is 2. The molecule has 0 amide bonds. The molecule has 0 aliphatic heterocycles. The maximum Gasteiger partial charge on any atom is 0.140 e. The largest absolute Gasteiger partial charge is 0.486 e. The van der Waals surface area contributed by atoms with Gasteiger partial charge in [0, 0.05) is 18.0 Å². The average molecular weight is 330 g/mol. The zero-order chi connectivity index (χ0) is 15.6. The van der Waals surface area contributed by atoms with Crippen molar-refractivity contribution >= 4 is 11.3 Å². The lowest BCUT2D eigenvalue weighted by atomic mass is 9.93. The van der Waals surface area contributed by atoms with Gasteiger partial charge >= 0.3 is 0 Å². The fourth-order valence-corrected chi connectivity index (χ4v) is 4.59. The first-order valence-electron chi connectivity index (χ1n) is 8.30. The highest BCUT2D eigenvalue weighted by Crippen LogP contribution is 2.44. The number of rotatable bonds is 6. The Morgan fingerprint density at radius 1 is 1.17 bits per heavy atom. The summed E-state index contributed by atoms with van der Waals surface area (Å²) < 4.78 is 5.74. The van der Waals surface area contributed by atoms with E-state index in [-0.39, 0.29) is 6.10 Å². The van der Waals surface area contributed by atoms with E-state index in [9.17, 15) is 5.11 Å². The van der Waals surface area contributed by atoms with Crippen molar-refractivity contribution in [2.75, 3.05) is 0 Å². The molecule has 4 nitrogen and oxygen atoms in total. The number of aromatic nitrogens is 1. The predicted molar refractivity (Wildman–Crippen MR) is 90.4 cm³/mol. The summed E-state index contributed by atoms with van der Waals surface area (Å²) in [5.41, 5.74) is 1.09. The summed E-state index contributed by atoms with van der Waals surface area (Å²) in [6.07, 6.45) is 3.21. The van der Waals surface area contributed by atoms with Gasteiger partial charge in [0.2, 0.25) is 0 Å². The van der Waals surface area contributed by atoms with Crippen LogP contribution in [0.25, 0.3) is 0 Å². The number of para-hydroxylation sites is 1. The number of hydrogen-bond acceptors (Lipinski definition) is 5. The molecule has 122 valence electrons. The molecule has 0 spiro atoms. The second-order valence-electron chi connectivity index (χ2n) is 6.62. The zero-order valence-corrected chi connectivity index (χ0v) is 13.8. The van der Waals surface area contributed by atoms with E-state index in [1.54, 1.807) is 11.3 Å². The van der Waals surface area contributed by atoms with Crippen LogP contribution in [0.15, 0.2) is 35.7 Å². The number of nitrogens with zero attached hydrogens (tertiary/aromatic N) is 1. The molecule has 4 atom stereocenters. The SMILES string of the molecule is O[C@@H]1C[C@H]2C[C@@H]1CC2NCc1csc(COc2ccccc2)n1. The van der Waals surface area contributed by atoms with Crippen molar-refractivity contribution in [1.29, 1.82) is 0 Å². The lowest BCUT2D eigenvalue weighted by Gasteiger charge is -2.25. The molecule has 2 saturated carbocycles. The van der Waals surface area contributed by atoms with Gasteiger partial charge in [0.25, 0.3) is 0 Å². The van der Waals surface area contributed by atoms with Crippen molar-refractivity contribution in [3.63, 3.8) is 0 Å². The average Bonchev–Trinajstić information content (AvgIpc) is 3.27. The Balaban J connectivity index is 1.26. The first kappa shape index (κ1) is 15.1. The number of nitrogens with one attached hydrogen (secondary N) is 1. The van der Waals surface area contributed by atoms with Crippen LogP contribution >= 0.6 is 11.3 Å². The molecule has 0 saturated heterocycles. The van der Waals surface area contributed by atoms with Gasteiger partial charge in [-0.05, 0) is 43.2 Å². The van der Waals surface area contributed by atoms with Gasteiger partial charge in [-0.2, -0.15) is 0 Å². The highest BCUT2D eigenvalue weighted by Gasteiger charge is 2.44. The molecule has 1 unspecified atom stereocenters. The molecule has 2 fully saturated rings. The number of aliphatic hydroxyl groups excluding tert-OH is 1.